The van der Waals surface area contributed by atoms with Gasteiger partial charge in [-0.2, -0.15) is 53.9 Å². The molecule has 0 fully saturated rings. The Morgan fingerprint density at radius 3 is 0.838 bits per heavy atom. The third-order valence-corrected chi connectivity index (χ3v) is 4.97. The number of aromatic nitrogens is 2. The maximum atomic E-state index is 12.8. The molecule has 0 aliphatic carbocycles. The van der Waals surface area contributed by atoms with Crippen LogP contribution >= 0.6 is 0 Å². The second-order valence-corrected chi connectivity index (χ2v) is 8.56. The largest absolute Gasteiger partial charge is 2.00 e. The first kappa shape index (κ1) is 34.6. The predicted octanol–water partition coefficient (Wildman–Crippen LogP) is 4.60. The number of rotatable bonds is 4. The molecule has 2 aromatic rings. The molecule has 0 atom stereocenters. The Kier molecular flexibility index (Phi) is 10.8. The third kappa shape index (κ3) is 7.79. The minimum atomic E-state index is -6.35. The molecule has 0 aliphatic heterocycles. The Hall–Kier alpha value is -2.41. The molecule has 0 radical (unpaired) electrons. The fourth-order valence-electron chi connectivity index (χ4n) is 1.46. The van der Waals surface area contributed by atoms with E-state index in [0.717, 1.165) is 0 Å². The maximum Gasteiger partial charge on any atom is 2.00 e. The van der Waals surface area contributed by atoms with E-state index >= 15 is 0 Å². The van der Waals surface area contributed by atoms with Crippen molar-refractivity contribution >= 4 is 54.5 Å². The fraction of sp³-hybridized carbons (Fsp3) is 0.167. The molecular formula is C12F14MgN4O4S2. The van der Waals surface area contributed by atoms with E-state index in [1.54, 1.807) is 9.44 Å². The normalized spacial score (nSPS) is 12.3. The van der Waals surface area contributed by atoms with E-state index in [1.165, 1.54) is 0 Å². The molecule has 0 saturated heterocycles. The summed E-state index contributed by atoms with van der Waals surface area (Å²) in [4.78, 5) is 4.01. The van der Waals surface area contributed by atoms with Crippen molar-refractivity contribution in [2.75, 3.05) is 0 Å². The van der Waals surface area contributed by atoms with Crippen LogP contribution in [0.2, 0.25) is 0 Å². The molecule has 25 heteroatoms. The zero-order valence-electron chi connectivity index (χ0n) is 16.2. The van der Waals surface area contributed by atoms with Crippen molar-refractivity contribution in [1.82, 2.24) is 9.97 Å². The van der Waals surface area contributed by atoms with E-state index < -0.39 is 89.5 Å². The van der Waals surface area contributed by atoms with Crippen LogP contribution in [0.15, 0.2) is 0 Å². The summed E-state index contributed by atoms with van der Waals surface area (Å²) in [5.41, 5.74) is -16.5. The van der Waals surface area contributed by atoms with Crippen LogP contribution in [0.5, 0.6) is 0 Å². The van der Waals surface area contributed by atoms with Crippen LogP contribution in [-0.4, -0.2) is 60.9 Å². The van der Waals surface area contributed by atoms with Crippen molar-refractivity contribution in [2.45, 2.75) is 11.0 Å². The molecule has 8 nitrogen and oxygen atoms in total. The van der Waals surface area contributed by atoms with Gasteiger partial charge in [0.15, 0.2) is 43.3 Å². The SMILES string of the molecule is O=S(=O)([N-]c1c(F)c(F)nc(F)c1F)C(F)(F)F.O=S(=O)([N-]c1c(F)c(F)nc(F)c1F)C(F)(F)F.[Mg+2]. The van der Waals surface area contributed by atoms with E-state index in [0.29, 0.717) is 0 Å². The van der Waals surface area contributed by atoms with Crippen molar-refractivity contribution in [3.05, 3.63) is 56.5 Å². The Morgan fingerprint density at radius 2 is 0.676 bits per heavy atom. The molecule has 2 rings (SSSR count). The van der Waals surface area contributed by atoms with E-state index in [2.05, 4.69) is 0 Å². The molecule has 0 bridgehead atoms. The van der Waals surface area contributed by atoms with Gasteiger partial charge in [-0.15, -0.1) is 0 Å². The first-order valence-corrected chi connectivity index (χ1v) is 10.3. The zero-order chi connectivity index (χ0) is 28.6. The molecule has 0 spiro atoms. The van der Waals surface area contributed by atoms with Gasteiger partial charge in [0.05, 0.1) is 0 Å². The minimum absolute atomic E-state index is 0. The van der Waals surface area contributed by atoms with Gasteiger partial charge in [0.25, 0.3) is 0 Å². The van der Waals surface area contributed by atoms with Crippen molar-refractivity contribution in [3.63, 3.8) is 0 Å². The third-order valence-electron chi connectivity index (χ3n) is 2.96. The summed E-state index contributed by atoms with van der Waals surface area (Å²) in [6.45, 7) is 0. The fourth-order valence-corrected chi connectivity index (χ4v) is 2.46. The number of alkyl halides is 6. The molecule has 0 unspecified atom stereocenters. The topological polar surface area (TPSA) is 122 Å². The number of pyridine rings is 2. The van der Waals surface area contributed by atoms with Gasteiger partial charge < -0.3 is 9.44 Å². The van der Waals surface area contributed by atoms with Crippen molar-refractivity contribution < 1.29 is 78.3 Å². The van der Waals surface area contributed by atoms with E-state index in [9.17, 15) is 78.3 Å². The molecule has 0 aliphatic rings. The van der Waals surface area contributed by atoms with E-state index in [1.807, 2.05) is 9.97 Å². The summed E-state index contributed by atoms with van der Waals surface area (Å²) in [6.07, 6.45) is 0. The monoisotopic (exact) mass is 618 g/mol. The zero-order valence-corrected chi connectivity index (χ0v) is 19.3. The number of hydrogen-bond acceptors (Lipinski definition) is 6. The summed E-state index contributed by atoms with van der Waals surface area (Å²) >= 11 is 0. The Morgan fingerprint density at radius 1 is 0.486 bits per heavy atom. The standard InChI is InChI=1S/2C6F7N2O2S.Mg/c2*7-1-3(2(8)5(10)14-4(1)9)15-18(16,17)6(11,12)13;/q2*-1;+2. The van der Waals surface area contributed by atoms with Gasteiger partial charge in [-0.3, -0.25) is 0 Å². The van der Waals surface area contributed by atoms with Crippen LogP contribution in [0.25, 0.3) is 9.44 Å². The van der Waals surface area contributed by atoms with Gasteiger partial charge in [-0.05, 0) is 11.4 Å². The molecule has 204 valence electrons. The quantitative estimate of drug-likeness (QED) is 0.280. The number of sulfonamides is 2. The van der Waals surface area contributed by atoms with Gasteiger partial charge in [0.1, 0.15) is 0 Å². The number of hydrogen-bond donors (Lipinski definition) is 0. The number of nitrogens with zero attached hydrogens (tertiary/aromatic N) is 4. The second kappa shape index (κ2) is 11.5. The molecule has 0 aromatic carbocycles. The van der Waals surface area contributed by atoms with Crippen molar-refractivity contribution in [1.29, 1.82) is 0 Å². The molecule has 0 saturated carbocycles. The van der Waals surface area contributed by atoms with Crippen LogP contribution in [0.3, 0.4) is 0 Å². The Bertz CT molecular complexity index is 1220. The van der Waals surface area contributed by atoms with Gasteiger partial charge in [-0.25, -0.2) is 34.4 Å². The summed E-state index contributed by atoms with van der Waals surface area (Å²) in [6, 6.07) is 0. The molecular weight excluding hydrogens is 619 g/mol. The maximum absolute atomic E-state index is 12.8. The van der Waals surface area contributed by atoms with Crippen LogP contribution in [-0.2, 0) is 20.0 Å². The molecule has 0 N–H and O–H groups in total. The van der Waals surface area contributed by atoms with Gasteiger partial charge in [-0.1, -0.05) is 0 Å². The summed E-state index contributed by atoms with van der Waals surface area (Å²) in [7, 11) is -12.7. The van der Waals surface area contributed by atoms with Crippen molar-refractivity contribution in [2.24, 2.45) is 0 Å². The smallest absolute Gasteiger partial charge is 0.564 e. The average molecular weight is 619 g/mol. The average Bonchev–Trinajstić information content (AvgIpc) is 2.70. The van der Waals surface area contributed by atoms with Crippen molar-refractivity contribution in [3.8, 4) is 0 Å². The van der Waals surface area contributed by atoms with E-state index in [4.69, 9.17) is 0 Å². The Labute approximate surface area is 210 Å². The van der Waals surface area contributed by atoms with Crippen LogP contribution < -0.4 is 0 Å². The van der Waals surface area contributed by atoms with Gasteiger partial charge in [0, 0.05) is 0 Å². The summed E-state index contributed by atoms with van der Waals surface area (Å²) in [5, 5.41) is 0. The molecule has 37 heavy (non-hydrogen) atoms. The molecule has 2 heterocycles. The Balaban J connectivity index is 0.000000682. The predicted molar refractivity (Wildman–Crippen MR) is 89.9 cm³/mol. The second-order valence-electron chi connectivity index (χ2n) is 5.36. The number of halogens is 14. The van der Waals surface area contributed by atoms with Crippen LogP contribution in [0.4, 0.5) is 72.8 Å². The summed E-state index contributed by atoms with van der Waals surface area (Å²) in [5.74, 6) is -19.1. The van der Waals surface area contributed by atoms with Gasteiger partial charge in [0.2, 0.25) is 23.8 Å². The van der Waals surface area contributed by atoms with Crippen LogP contribution in [0, 0.1) is 47.1 Å². The van der Waals surface area contributed by atoms with Gasteiger partial charge >= 0.3 is 34.1 Å². The first-order valence-electron chi connectivity index (χ1n) is 7.43. The molecule has 0 amide bonds. The van der Waals surface area contributed by atoms with Crippen LogP contribution in [0.1, 0.15) is 0 Å². The minimum Gasteiger partial charge on any atom is -0.564 e. The summed E-state index contributed by atoms with van der Waals surface area (Å²) < 4.78 is 217. The molecule has 2 aromatic heterocycles. The van der Waals surface area contributed by atoms with E-state index in [-0.39, 0.29) is 23.1 Å². The first-order chi connectivity index (χ1) is 15.9.